The van der Waals surface area contributed by atoms with E-state index < -0.39 is 0 Å². The number of nitrogens with zero attached hydrogens (tertiary/aromatic N) is 1. The van der Waals surface area contributed by atoms with Crippen molar-refractivity contribution in [2.45, 2.75) is 18.9 Å². The molecule has 16 heavy (non-hydrogen) atoms. The van der Waals surface area contributed by atoms with Gasteiger partial charge in [0.25, 0.3) is 0 Å². The molecule has 0 bridgehead atoms. The maximum Gasteiger partial charge on any atom is 0.0474 e. The van der Waals surface area contributed by atoms with Crippen LogP contribution < -0.4 is 10.2 Å². The molecule has 1 aliphatic heterocycles. The first-order valence-corrected chi connectivity index (χ1v) is 5.76. The lowest BCUT2D eigenvalue weighted by atomic mass is 10.0. The summed E-state index contributed by atoms with van der Waals surface area (Å²) >= 11 is 6.29. The summed E-state index contributed by atoms with van der Waals surface area (Å²) in [4.78, 5) is 2.07. The molecular weight excluding hydrogens is 243 g/mol. The summed E-state index contributed by atoms with van der Waals surface area (Å²) in [6.07, 6.45) is 2.44. The molecule has 4 heteroatoms. The first-order valence-electron chi connectivity index (χ1n) is 5.38. The Bertz CT molecular complexity index is 347. The van der Waals surface area contributed by atoms with Gasteiger partial charge in [0.1, 0.15) is 0 Å². The highest BCUT2D eigenvalue weighted by Gasteiger charge is 2.18. The molecule has 2 rings (SSSR count). The quantitative estimate of drug-likeness (QED) is 0.879. The molecule has 1 atom stereocenters. The molecule has 1 aromatic carbocycles. The number of nitrogens with one attached hydrogen (secondary N) is 1. The van der Waals surface area contributed by atoms with Gasteiger partial charge in [0, 0.05) is 30.8 Å². The van der Waals surface area contributed by atoms with Crippen molar-refractivity contribution in [2.75, 3.05) is 25.5 Å². The molecule has 1 N–H and O–H groups in total. The van der Waals surface area contributed by atoms with Crippen LogP contribution in [0.4, 0.5) is 5.69 Å². The Balaban J connectivity index is 0.00000128. The predicted octanol–water partition coefficient (Wildman–Crippen LogP) is 3.25. The summed E-state index contributed by atoms with van der Waals surface area (Å²) in [6.45, 7) is 1.11. The van der Waals surface area contributed by atoms with Gasteiger partial charge in [0.2, 0.25) is 0 Å². The third-order valence-electron chi connectivity index (χ3n) is 2.94. The Labute approximate surface area is 108 Å². The van der Waals surface area contributed by atoms with E-state index in [9.17, 15) is 0 Å². The number of hydrogen-bond acceptors (Lipinski definition) is 2. The number of benzene rings is 1. The second-order valence-corrected chi connectivity index (χ2v) is 4.66. The maximum absolute atomic E-state index is 6.29. The molecule has 0 aliphatic carbocycles. The van der Waals surface area contributed by atoms with E-state index in [0.717, 1.165) is 17.3 Å². The Morgan fingerprint density at radius 3 is 2.62 bits per heavy atom. The largest absolute Gasteiger partial charge is 0.378 e. The van der Waals surface area contributed by atoms with Crippen molar-refractivity contribution in [3.05, 3.63) is 28.8 Å². The average molecular weight is 261 g/mol. The molecule has 0 amide bonds. The zero-order valence-corrected chi connectivity index (χ0v) is 11.2. The molecule has 0 radical (unpaired) electrons. The van der Waals surface area contributed by atoms with E-state index in [2.05, 4.69) is 22.3 Å². The van der Waals surface area contributed by atoms with Gasteiger partial charge in [-0.1, -0.05) is 17.7 Å². The normalized spacial score (nSPS) is 19.3. The molecule has 2 nitrogen and oxygen atoms in total. The van der Waals surface area contributed by atoms with Crippen LogP contribution in [0.2, 0.25) is 5.02 Å². The first-order chi connectivity index (χ1) is 7.18. The minimum atomic E-state index is 0. The Kier molecular flexibility index (Phi) is 4.90. The molecular formula is C12H18Cl2N2. The molecule has 0 aromatic heterocycles. The second-order valence-electron chi connectivity index (χ2n) is 4.25. The van der Waals surface area contributed by atoms with Crippen molar-refractivity contribution in [3.63, 3.8) is 0 Å². The zero-order valence-electron chi connectivity index (χ0n) is 9.66. The maximum atomic E-state index is 6.29. The second kappa shape index (κ2) is 5.76. The highest BCUT2D eigenvalue weighted by Crippen LogP contribution is 2.31. The minimum absolute atomic E-state index is 0. The van der Waals surface area contributed by atoms with Crippen molar-refractivity contribution in [1.29, 1.82) is 0 Å². The first kappa shape index (κ1) is 13.6. The summed E-state index contributed by atoms with van der Waals surface area (Å²) in [5.41, 5.74) is 2.39. The fraction of sp³-hybridized carbons (Fsp3) is 0.500. The summed E-state index contributed by atoms with van der Waals surface area (Å²) in [6, 6.07) is 6.76. The van der Waals surface area contributed by atoms with Gasteiger partial charge in [-0.3, -0.25) is 0 Å². The predicted molar refractivity (Wildman–Crippen MR) is 73.0 cm³/mol. The van der Waals surface area contributed by atoms with Gasteiger partial charge in [0.15, 0.2) is 0 Å². The van der Waals surface area contributed by atoms with Crippen molar-refractivity contribution >= 4 is 29.7 Å². The van der Waals surface area contributed by atoms with E-state index in [1.807, 2.05) is 20.2 Å². The van der Waals surface area contributed by atoms with Gasteiger partial charge < -0.3 is 10.2 Å². The van der Waals surface area contributed by atoms with Gasteiger partial charge in [-0.05, 0) is 37.1 Å². The average Bonchev–Trinajstić information content (AvgIpc) is 2.70. The Hall–Kier alpha value is -0.440. The van der Waals surface area contributed by atoms with Crippen LogP contribution in [0.1, 0.15) is 24.4 Å². The van der Waals surface area contributed by atoms with Gasteiger partial charge in [-0.2, -0.15) is 0 Å². The summed E-state index contributed by atoms with van der Waals surface area (Å²) in [7, 11) is 4.05. The van der Waals surface area contributed by atoms with E-state index in [4.69, 9.17) is 11.6 Å². The molecule has 1 aromatic rings. The molecule has 1 aliphatic rings. The van der Waals surface area contributed by atoms with Crippen molar-refractivity contribution < 1.29 is 0 Å². The van der Waals surface area contributed by atoms with Crippen LogP contribution >= 0.6 is 24.0 Å². The third-order valence-corrected chi connectivity index (χ3v) is 3.26. The van der Waals surface area contributed by atoms with Gasteiger partial charge in [0.05, 0.1) is 0 Å². The van der Waals surface area contributed by atoms with Crippen LogP contribution in [0.15, 0.2) is 18.2 Å². The molecule has 90 valence electrons. The standard InChI is InChI=1S/C12H17ClN2.ClH/c1-15(2)9-5-6-10(11(13)8-9)12-4-3-7-14-12;/h5-6,8,12,14H,3-4,7H2,1-2H3;1H/t12-;/m1./s1. The molecule has 0 spiro atoms. The van der Waals surface area contributed by atoms with Gasteiger partial charge >= 0.3 is 0 Å². The van der Waals surface area contributed by atoms with E-state index in [1.165, 1.54) is 18.4 Å². The number of halogens is 2. The van der Waals surface area contributed by atoms with E-state index in [0.29, 0.717) is 6.04 Å². The van der Waals surface area contributed by atoms with Crippen molar-refractivity contribution in [3.8, 4) is 0 Å². The minimum Gasteiger partial charge on any atom is -0.378 e. The highest BCUT2D eigenvalue weighted by molar-refractivity contribution is 6.31. The Morgan fingerprint density at radius 1 is 1.38 bits per heavy atom. The Morgan fingerprint density at radius 2 is 2.12 bits per heavy atom. The van der Waals surface area contributed by atoms with Crippen molar-refractivity contribution in [1.82, 2.24) is 5.32 Å². The molecule has 1 fully saturated rings. The van der Waals surface area contributed by atoms with Gasteiger partial charge in [-0.25, -0.2) is 0 Å². The van der Waals surface area contributed by atoms with Crippen LogP contribution in [0.3, 0.4) is 0 Å². The smallest absolute Gasteiger partial charge is 0.0474 e. The lowest BCUT2D eigenvalue weighted by Crippen LogP contribution is -2.14. The van der Waals surface area contributed by atoms with Crippen LogP contribution in [0, 0.1) is 0 Å². The van der Waals surface area contributed by atoms with Crippen LogP contribution in [0.5, 0.6) is 0 Å². The van der Waals surface area contributed by atoms with Crippen LogP contribution in [-0.2, 0) is 0 Å². The topological polar surface area (TPSA) is 15.3 Å². The summed E-state index contributed by atoms with van der Waals surface area (Å²) in [5, 5.41) is 4.34. The lowest BCUT2D eigenvalue weighted by Gasteiger charge is -2.17. The number of rotatable bonds is 2. The monoisotopic (exact) mass is 260 g/mol. The zero-order chi connectivity index (χ0) is 10.8. The summed E-state index contributed by atoms with van der Waals surface area (Å²) < 4.78 is 0. The van der Waals surface area contributed by atoms with E-state index >= 15 is 0 Å². The molecule has 1 saturated heterocycles. The van der Waals surface area contributed by atoms with Crippen molar-refractivity contribution in [2.24, 2.45) is 0 Å². The van der Waals surface area contributed by atoms with Crippen LogP contribution in [0.25, 0.3) is 0 Å². The third kappa shape index (κ3) is 2.82. The van der Waals surface area contributed by atoms with Gasteiger partial charge in [-0.15, -0.1) is 12.4 Å². The van der Waals surface area contributed by atoms with Crippen LogP contribution in [-0.4, -0.2) is 20.6 Å². The molecule has 1 heterocycles. The molecule has 0 saturated carbocycles. The fourth-order valence-electron chi connectivity index (χ4n) is 2.03. The lowest BCUT2D eigenvalue weighted by molar-refractivity contribution is 0.648. The number of anilines is 1. The van der Waals surface area contributed by atoms with E-state index in [-0.39, 0.29) is 12.4 Å². The SMILES string of the molecule is CN(C)c1ccc([C@H]2CCCN2)c(Cl)c1.Cl. The number of hydrogen-bond donors (Lipinski definition) is 1. The molecule has 0 unspecified atom stereocenters. The summed E-state index contributed by atoms with van der Waals surface area (Å²) in [5.74, 6) is 0. The fourth-order valence-corrected chi connectivity index (χ4v) is 2.33. The highest BCUT2D eigenvalue weighted by atomic mass is 35.5. The van der Waals surface area contributed by atoms with E-state index in [1.54, 1.807) is 0 Å².